The fraction of sp³-hybridized carbons (Fsp3) is 0.400. The first-order valence-electron chi connectivity index (χ1n) is 4.32. The van der Waals surface area contributed by atoms with Crippen molar-refractivity contribution in [3.8, 4) is 5.75 Å². The molecule has 78 valence electrons. The number of benzene rings is 1. The van der Waals surface area contributed by atoms with Gasteiger partial charge in [-0.3, -0.25) is 0 Å². The lowest BCUT2D eigenvalue weighted by atomic mass is 10.1. The summed E-state index contributed by atoms with van der Waals surface area (Å²) in [4.78, 5) is 0. The zero-order valence-corrected chi connectivity index (χ0v) is 8.18. The Balaban J connectivity index is 3.07. The minimum Gasteiger partial charge on any atom is -0.496 e. The smallest absolute Gasteiger partial charge is 0.162 e. The summed E-state index contributed by atoms with van der Waals surface area (Å²) < 4.78 is 30.6. The van der Waals surface area contributed by atoms with E-state index in [0.717, 1.165) is 12.1 Å². The standard InChI is InChI=1S/C10H13F2NO/c1-6(13)3-7-4-8(11)9(12)5-10(7)14-2/h4-6H,3,13H2,1-2H3/t6-/m0/s1. The van der Waals surface area contributed by atoms with E-state index in [1.54, 1.807) is 6.92 Å². The first-order valence-corrected chi connectivity index (χ1v) is 4.32. The Morgan fingerprint density at radius 3 is 2.43 bits per heavy atom. The molecule has 0 heterocycles. The molecule has 0 saturated carbocycles. The maximum atomic E-state index is 12.9. The molecule has 0 amide bonds. The second-order valence-corrected chi connectivity index (χ2v) is 3.26. The van der Waals surface area contributed by atoms with Crippen molar-refractivity contribution in [1.29, 1.82) is 0 Å². The molecule has 2 N–H and O–H groups in total. The highest BCUT2D eigenvalue weighted by Crippen LogP contribution is 2.22. The van der Waals surface area contributed by atoms with Crippen molar-refractivity contribution >= 4 is 0 Å². The van der Waals surface area contributed by atoms with Crippen molar-refractivity contribution in [3.63, 3.8) is 0 Å². The molecule has 1 aromatic carbocycles. The first-order chi connectivity index (χ1) is 6.54. The summed E-state index contributed by atoms with van der Waals surface area (Å²) in [5, 5.41) is 0. The molecule has 1 atom stereocenters. The highest BCUT2D eigenvalue weighted by Gasteiger charge is 2.11. The third kappa shape index (κ3) is 2.42. The van der Waals surface area contributed by atoms with Gasteiger partial charge in [-0.2, -0.15) is 0 Å². The van der Waals surface area contributed by atoms with Crippen molar-refractivity contribution in [3.05, 3.63) is 29.3 Å². The summed E-state index contributed by atoms with van der Waals surface area (Å²) in [6.45, 7) is 1.79. The topological polar surface area (TPSA) is 35.2 Å². The first kappa shape index (κ1) is 10.9. The molecule has 0 bridgehead atoms. The average molecular weight is 201 g/mol. The second-order valence-electron chi connectivity index (χ2n) is 3.26. The largest absolute Gasteiger partial charge is 0.496 e. The van der Waals surface area contributed by atoms with Crippen molar-refractivity contribution in [2.24, 2.45) is 5.73 Å². The van der Waals surface area contributed by atoms with Crippen LogP contribution in [0.1, 0.15) is 12.5 Å². The zero-order chi connectivity index (χ0) is 10.7. The Morgan fingerprint density at radius 1 is 1.36 bits per heavy atom. The number of rotatable bonds is 3. The summed E-state index contributed by atoms with van der Waals surface area (Å²) in [5.74, 6) is -1.45. The van der Waals surface area contributed by atoms with Gasteiger partial charge in [-0.05, 0) is 25.0 Å². The molecule has 0 aliphatic heterocycles. The predicted octanol–water partition coefficient (Wildman–Crippen LogP) is 1.86. The van der Waals surface area contributed by atoms with Crippen LogP contribution in [0.4, 0.5) is 8.78 Å². The molecular formula is C10H13F2NO. The van der Waals surface area contributed by atoms with Gasteiger partial charge in [0, 0.05) is 12.1 Å². The third-order valence-electron chi connectivity index (χ3n) is 1.87. The van der Waals surface area contributed by atoms with Crippen LogP contribution in [0, 0.1) is 11.6 Å². The van der Waals surface area contributed by atoms with Gasteiger partial charge in [-0.15, -0.1) is 0 Å². The van der Waals surface area contributed by atoms with E-state index in [2.05, 4.69) is 0 Å². The number of nitrogens with two attached hydrogens (primary N) is 1. The van der Waals surface area contributed by atoms with Crippen LogP contribution in [0.2, 0.25) is 0 Å². The Labute approximate surface area is 81.7 Å². The SMILES string of the molecule is COc1cc(F)c(F)cc1C[C@H](C)N. The molecule has 0 radical (unpaired) electrons. The van der Waals surface area contributed by atoms with E-state index < -0.39 is 11.6 Å². The molecule has 1 rings (SSSR count). The number of hydrogen-bond acceptors (Lipinski definition) is 2. The Bertz CT molecular complexity index is 326. The maximum absolute atomic E-state index is 12.9. The van der Waals surface area contributed by atoms with Gasteiger partial charge in [0.05, 0.1) is 7.11 Å². The highest BCUT2D eigenvalue weighted by atomic mass is 19.2. The van der Waals surface area contributed by atoms with Crippen LogP contribution in [0.5, 0.6) is 5.75 Å². The normalized spacial score (nSPS) is 12.6. The molecule has 2 nitrogen and oxygen atoms in total. The Kier molecular flexibility index (Phi) is 3.41. The lowest BCUT2D eigenvalue weighted by molar-refractivity contribution is 0.399. The van der Waals surface area contributed by atoms with Crippen LogP contribution >= 0.6 is 0 Å². The summed E-state index contributed by atoms with van der Waals surface area (Å²) in [6.07, 6.45) is 0.459. The molecular weight excluding hydrogens is 188 g/mol. The quantitative estimate of drug-likeness (QED) is 0.810. The molecule has 0 aliphatic rings. The molecule has 0 unspecified atom stereocenters. The minimum absolute atomic E-state index is 0.117. The Hall–Kier alpha value is -1.16. The monoisotopic (exact) mass is 201 g/mol. The number of ether oxygens (including phenoxy) is 1. The van der Waals surface area contributed by atoms with Gasteiger partial charge in [-0.1, -0.05) is 0 Å². The second kappa shape index (κ2) is 4.37. The van der Waals surface area contributed by atoms with Crippen LogP contribution in [0.3, 0.4) is 0 Å². The van der Waals surface area contributed by atoms with E-state index in [1.807, 2.05) is 0 Å². The van der Waals surface area contributed by atoms with E-state index in [-0.39, 0.29) is 6.04 Å². The van der Waals surface area contributed by atoms with Gasteiger partial charge >= 0.3 is 0 Å². The van der Waals surface area contributed by atoms with E-state index in [9.17, 15) is 8.78 Å². The van der Waals surface area contributed by atoms with Crippen LogP contribution in [-0.2, 0) is 6.42 Å². The predicted molar refractivity (Wildman–Crippen MR) is 50.3 cm³/mol. The van der Waals surface area contributed by atoms with Gasteiger partial charge in [0.2, 0.25) is 0 Å². The average Bonchev–Trinajstić information content (AvgIpc) is 2.10. The zero-order valence-electron chi connectivity index (χ0n) is 8.18. The number of halogens is 2. The van der Waals surface area contributed by atoms with Gasteiger partial charge < -0.3 is 10.5 Å². The van der Waals surface area contributed by atoms with E-state index >= 15 is 0 Å². The maximum Gasteiger partial charge on any atom is 0.162 e. The van der Waals surface area contributed by atoms with Crippen LogP contribution < -0.4 is 10.5 Å². The van der Waals surface area contributed by atoms with Crippen molar-refractivity contribution in [1.82, 2.24) is 0 Å². The fourth-order valence-corrected chi connectivity index (χ4v) is 1.27. The van der Waals surface area contributed by atoms with Crippen LogP contribution in [0.25, 0.3) is 0 Å². The fourth-order valence-electron chi connectivity index (χ4n) is 1.27. The molecule has 14 heavy (non-hydrogen) atoms. The Morgan fingerprint density at radius 2 is 1.93 bits per heavy atom. The van der Waals surface area contributed by atoms with Crippen molar-refractivity contribution in [2.45, 2.75) is 19.4 Å². The van der Waals surface area contributed by atoms with Crippen LogP contribution in [-0.4, -0.2) is 13.2 Å². The number of hydrogen-bond donors (Lipinski definition) is 1. The minimum atomic E-state index is -0.907. The highest BCUT2D eigenvalue weighted by molar-refractivity contribution is 5.35. The van der Waals surface area contributed by atoms with Crippen LogP contribution in [0.15, 0.2) is 12.1 Å². The van der Waals surface area contributed by atoms with Crippen molar-refractivity contribution in [2.75, 3.05) is 7.11 Å². The molecule has 0 saturated heterocycles. The molecule has 0 fully saturated rings. The van der Waals surface area contributed by atoms with E-state index in [4.69, 9.17) is 10.5 Å². The molecule has 0 spiro atoms. The van der Waals surface area contributed by atoms with Gasteiger partial charge in [0.1, 0.15) is 5.75 Å². The van der Waals surface area contributed by atoms with E-state index in [0.29, 0.717) is 17.7 Å². The number of methoxy groups -OCH3 is 1. The van der Waals surface area contributed by atoms with Gasteiger partial charge in [0.15, 0.2) is 11.6 Å². The summed E-state index contributed by atoms with van der Waals surface area (Å²) in [5.41, 5.74) is 6.15. The molecule has 1 aromatic rings. The van der Waals surface area contributed by atoms with E-state index in [1.165, 1.54) is 7.11 Å². The lowest BCUT2D eigenvalue weighted by Crippen LogP contribution is -2.18. The molecule has 0 aliphatic carbocycles. The van der Waals surface area contributed by atoms with Gasteiger partial charge in [0.25, 0.3) is 0 Å². The summed E-state index contributed by atoms with van der Waals surface area (Å²) >= 11 is 0. The summed E-state index contributed by atoms with van der Waals surface area (Å²) in [6, 6.07) is 2.04. The lowest BCUT2D eigenvalue weighted by Gasteiger charge is -2.10. The third-order valence-corrected chi connectivity index (χ3v) is 1.87. The van der Waals surface area contributed by atoms with Gasteiger partial charge in [-0.25, -0.2) is 8.78 Å². The molecule has 4 heteroatoms. The summed E-state index contributed by atoms with van der Waals surface area (Å²) in [7, 11) is 1.41. The van der Waals surface area contributed by atoms with Crippen molar-refractivity contribution < 1.29 is 13.5 Å². The molecule has 0 aromatic heterocycles.